The Balaban J connectivity index is 2.65. The molecular weight excluding hydrogens is 146 g/mol. The number of carbonyl (C=O) groups is 1. The zero-order valence-electron chi connectivity index (χ0n) is 4.16. The summed E-state index contributed by atoms with van der Waals surface area (Å²) in [4.78, 5) is 9.98. The number of hydrogen-bond acceptors (Lipinski definition) is 3. The van der Waals surface area contributed by atoms with Gasteiger partial charge in [0.1, 0.15) is 0 Å². The van der Waals surface area contributed by atoms with Crippen LogP contribution in [0, 0.1) is 0 Å². The minimum Gasteiger partial charge on any atom is -0.475 e. The van der Waals surface area contributed by atoms with E-state index in [4.69, 9.17) is 5.11 Å². The Morgan fingerprint density at radius 2 is 2.56 bits per heavy atom. The van der Waals surface area contributed by atoms with Crippen LogP contribution < -0.4 is 4.72 Å². The molecule has 0 aromatic carbocycles. The van der Waals surface area contributed by atoms with Gasteiger partial charge < -0.3 is 9.29 Å². The highest BCUT2D eigenvalue weighted by atomic mass is 32.2. The van der Waals surface area contributed by atoms with Gasteiger partial charge in [-0.1, -0.05) is 0 Å². The topological polar surface area (TPSA) is 75.6 Å². The molecule has 0 amide bonds. The van der Waals surface area contributed by atoms with Gasteiger partial charge in [0.15, 0.2) is 0 Å². The highest BCUT2D eigenvalue weighted by Gasteiger charge is 2.18. The Morgan fingerprint density at radius 1 is 1.89 bits per heavy atom. The molecule has 0 saturated carbocycles. The van der Waals surface area contributed by atoms with Crippen molar-refractivity contribution in [3.8, 4) is 0 Å². The highest BCUT2D eigenvalue weighted by molar-refractivity contribution is 7.78. The van der Waals surface area contributed by atoms with Crippen molar-refractivity contribution in [1.82, 2.24) is 4.72 Å². The minimum absolute atomic E-state index is 0.326. The Bertz CT molecular complexity index is 198. The van der Waals surface area contributed by atoms with Crippen LogP contribution in [0.4, 0.5) is 0 Å². The predicted octanol–water partition coefficient (Wildman–Crippen LogP) is -0.889. The fourth-order valence-corrected chi connectivity index (χ4v) is 0.863. The van der Waals surface area contributed by atoms with E-state index in [0.717, 1.165) is 6.20 Å². The number of hydrogen-bond donors (Lipinski definition) is 2. The van der Waals surface area contributed by atoms with E-state index in [1.54, 1.807) is 0 Å². The maximum Gasteiger partial charge on any atom is 0.374 e. The van der Waals surface area contributed by atoms with E-state index in [0.29, 0.717) is 0 Å². The first-order chi connectivity index (χ1) is 4.20. The van der Waals surface area contributed by atoms with Crippen LogP contribution >= 0.6 is 0 Å². The number of carboxylic acids is 1. The molecule has 0 spiro atoms. The zero-order valence-corrected chi connectivity index (χ0v) is 4.97. The highest BCUT2D eigenvalue weighted by Crippen LogP contribution is 2.04. The smallest absolute Gasteiger partial charge is 0.374 e. The molecule has 0 bridgehead atoms. The Labute approximate surface area is 53.1 Å². The van der Waals surface area contributed by atoms with Crippen LogP contribution in [-0.2, 0) is 20.2 Å². The van der Waals surface area contributed by atoms with Gasteiger partial charge in [-0.15, -0.1) is 0 Å². The summed E-state index contributed by atoms with van der Waals surface area (Å²) < 4.78 is 16.6. The van der Waals surface area contributed by atoms with Crippen LogP contribution in [-0.4, -0.2) is 15.3 Å². The lowest BCUT2D eigenvalue weighted by molar-refractivity contribution is -0.134. The average Bonchev–Trinajstić information content (AvgIpc) is 2.14. The Morgan fingerprint density at radius 3 is 2.78 bits per heavy atom. The van der Waals surface area contributed by atoms with Crippen LogP contribution in [0.3, 0.4) is 0 Å². The maximum atomic E-state index is 10.2. The van der Waals surface area contributed by atoms with Crippen molar-refractivity contribution < 1.29 is 18.3 Å². The summed E-state index contributed by atoms with van der Waals surface area (Å²) in [5, 5.41) is 8.16. The predicted molar refractivity (Wildman–Crippen MR) is 28.1 cm³/mol. The first kappa shape index (κ1) is 6.09. The monoisotopic (exact) mass is 149 g/mol. The number of aliphatic carboxylic acids is 1. The summed E-state index contributed by atoms with van der Waals surface area (Å²) in [7, 11) is 0. The standard InChI is InChI=1S/C3H3NO4S/c5-3(6)2-1-4-9(7)8-2/h1,4H,(H,5,6). The molecule has 1 atom stereocenters. The number of rotatable bonds is 1. The average molecular weight is 149 g/mol. The summed E-state index contributed by atoms with van der Waals surface area (Å²) in [6.45, 7) is 0. The van der Waals surface area contributed by atoms with Crippen molar-refractivity contribution in [3.63, 3.8) is 0 Å². The number of nitrogens with one attached hydrogen (secondary N) is 1. The lowest BCUT2D eigenvalue weighted by Gasteiger charge is -1.89. The quantitative estimate of drug-likeness (QED) is 0.507. The molecule has 9 heavy (non-hydrogen) atoms. The normalized spacial score (nSPS) is 24.0. The molecule has 50 valence electrons. The van der Waals surface area contributed by atoms with Gasteiger partial charge in [0, 0.05) is 0 Å². The van der Waals surface area contributed by atoms with Crippen molar-refractivity contribution in [1.29, 1.82) is 0 Å². The molecule has 0 aromatic heterocycles. The van der Waals surface area contributed by atoms with E-state index in [-0.39, 0.29) is 5.76 Å². The van der Waals surface area contributed by atoms with Crippen molar-refractivity contribution in [2.45, 2.75) is 0 Å². The minimum atomic E-state index is -1.70. The third-order valence-corrected chi connectivity index (χ3v) is 1.30. The number of carboxylic acid groups (broad SMARTS) is 1. The molecule has 0 aromatic rings. The Hall–Kier alpha value is -1.04. The van der Waals surface area contributed by atoms with Crippen molar-refractivity contribution in [3.05, 3.63) is 12.0 Å². The van der Waals surface area contributed by atoms with Crippen LogP contribution in [0.5, 0.6) is 0 Å². The molecule has 0 aliphatic carbocycles. The van der Waals surface area contributed by atoms with Gasteiger partial charge in [-0.25, -0.2) is 4.79 Å². The van der Waals surface area contributed by atoms with Gasteiger partial charge in [-0.3, -0.25) is 4.72 Å². The van der Waals surface area contributed by atoms with Crippen LogP contribution in [0.2, 0.25) is 0 Å². The van der Waals surface area contributed by atoms with Crippen molar-refractivity contribution >= 4 is 17.2 Å². The lowest BCUT2D eigenvalue weighted by Crippen LogP contribution is -2.03. The van der Waals surface area contributed by atoms with E-state index < -0.39 is 17.2 Å². The molecule has 1 rings (SSSR count). The van der Waals surface area contributed by atoms with E-state index in [1.807, 2.05) is 0 Å². The third kappa shape index (κ3) is 1.20. The summed E-state index contributed by atoms with van der Waals surface area (Å²) in [5.41, 5.74) is 0. The van der Waals surface area contributed by atoms with Gasteiger partial charge >= 0.3 is 17.2 Å². The molecule has 1 aliphatic rings. The van der Waals surface area contributed by atoms with Gasteiger partial charge in [0.25, 0.3) is 0 Å². The third-order valence-electron chi connectivity index (χ3n) is 0.662. The molecule has 2 N–H and O–H groups in total. The van der Waals surface area contributed by atoms with E-state index in [9.17, 15) is 9.00 Å². The van der Waals surface area contributed by atoms with Gasteiger partial charge in [-0.05, 0) is 0 Å². The van der Waals surface area contributed by atoms with E-state index >= 15 is 0 Å². The molecule has 5 nitrogen and oxygen atoms in total. The Kier molecular flexibility index (Phi) is 1.39. The maximum absolute atomic E-state index is 10.2. The SMILES string of the molecule is O=C(O)C1=CNS(=O)O1. The summed E-state index contributed by atoms with van der Waals surface area (Å²) >= 11 is -1.70. The zero-order chi connectivity index (χ0) is 6.85. The van der Waals surface area contributed by atoms with Gasteiger partial charge in [0.05, 0.1) is 6.20 Å². The first-order valence-corrected chi connectivity index (χ1v) is 3.07. The van der Waals surface area contributed by atoms with Crippen molar-refractivity contribution in [2.75, 3.05) is 0 Å². The second kappa shape index (κ2) is 2.06. The summed E-state index contributed by atoms with van der Waals surface area (Å²) in [5.74, 6) is -1.55. The van der Waals surface area contributed by atoms with E-state index in [1.165, 1.54) is 0 Å². The molecule has 0 fully saturated rings. The fourth-order valence-electron chi connectivity index (χ4n) is 0.329. The lowest BCUT2D eigenvalue weighted by atomic mass is 10.6. The molecule has 1 unspecified atom stereocenters. The molecular formula is C3H3NO4S. The molecule has 1 heterocycles. The second-order valence-electron chi connectivity index (χ2n) is 1.25. The molecule has 1 aliphatic heterocycles. The molecule has 6 heteroatoms. The van der Waals surface area contributed by atoms with E-state index in [2.05, 4.69) is 8.91 Å². The summed E-state index contributed by atoms with van der Waals surface area (Å²) in [6, 6.07) is 0. The molecule has 0 saturated heterocycles. The van der Waals surface area contributed by atoms with Gasteiger partial charge in [-0.2, -0.15) is 4.21 Å². The molecule has 0 radical (unpaired) electrons. The second-order valence-corrected chi connectivity index (χ2v) is 2.12. The summed E-state index contributed by atoms with van der Waals surface area (Å²) in [6.07, 6.45) is 1.04. The fraction of sp³-hybridized carbons (Fsp3) is 0. The van der Waals surface area contributed by atoms with Gasteiger partial charge in [0.2, 0.25) is 5.76 Å². The van der Waals surface area contributed by atoms with Crippen molar-refractivity contribution in [2.24, 2.45) is 0 Å². The van der Waals surface area contributed by atoms with Crippen LogP contribution in [0.25, 0.3) is 0 Å². The largest absolute Gasteiger partial charge is 0.475 e. The van der Waals surface area contributed by atoms with Crippen LogP contribution in [0.15, 0.2) is 12.0 Å². The first-order valence-electron chi connectivity index (χ1n) is 2.00. The van der Waals surface area contributed by atoms with Crippen LogP contribution in [0.1, 0.15) is 0 Å².